The summed E-state index contributed by atoms with van der Waals surface area (Å²) in [4.78, 5) is 57.5. The number of carbonyl (C=O) groups is 4. The third-order valence-corrected chi connectivity index (χ3v) is 12.2. The topological polar surface area (TPSA) is 177 Å². The Morgan fingerprint density at radius 3 is 2.48 bits per heavy atom. The summed E-state index contributed by atoms with van der Waals surface area (Å²) in [7, 11) is 5.28. The minimum atomic E-state index is -1.50. The number of cyclic esters (lactones) is 1. The SMILES string of the molecule is CO[C@H]1C[C@H]2C=CC3C(C4[C@H]3[C@H](OC(=O)c3ccc[nH]3)[C@H](C)[C@H]4O)[C@]2(O)/C(C)=C/[C@@H](C)[C@@H]([C@@H](C)OC(=O)C(=O)NCc2ccccc2CN(C)C)OC1=O. The van der Waals surface area contributed by atoms with Crippen molar-refractivity contribution in [1.29, 1.82) is 0 Å². The number of carbonyl (C=O) groups excluding carboxylic acids is 4. The number of aromatic nitrogens is 1. The second-order valence-electron chi connectivity index (χ2n) is 15.7. The van der Waals surface area contributed by atoms with Gasteiger partial charge >= 0.3 is 23.8 Å². The van der Waals surface area contributed by atoms with Gasteiger partial charge in [-0.1, -0.05) is 56.3 Å². The summed E-state index contributed by atoms with van der Waals surface area (Å²) < 4.78 is 23.2. The lowest BCUT2D eigenvalue weighted by Crippen LogP contribution is -2.65. The predicted octanol–water partition coefficient (Wildman–Crippen LogP) is 3.17. The van der Waals surface area contributed by atoms with E-state index in [1.165, 1.54) is 7.11 Å². The van der Waals surface area contributed by atoms with Crippen molar-refractivity contribution in [3.05, 3.63) is 83.2 Å². The fraction of sp³-hybridized carbons (Fsp3) is 0.561. The first-order chi connectivity index (χ1) is 25.7. The van der Waals surface area contributed by atoms with Gasteiger partial charge in [-0.2, -0.15) is 0 Å². The number of ether oxygens (including phenoxy) is 4. The van der Waals surface area contributed by atoms with Gasteiger partial charge in [-0.3, -0.25) is 4.79 Å². The molecule has 2 heterocycles. The van der Waals surface area contributed by atoms with Gasteiger partial charge in [0.1, 0.15) is 24.0 Å². The summed E-state index contributed by atoms with van der Waals surface area (Å²) in [6.45, 7) is 7.81. The van der Waals surface area contributed by atoms with E-state index < -0.39 is 77.7 Å². The molecule has 292 valence electrons. The Morgan fingerprint density at radius 1 is 1.09 bits per heavy atom. The molecule has 13 nitrogen and oxygen atoms in total. The Bertz CT molecular complexity index is 1770. The van der Waals surface area contributed by atoms with Gasteiger partial charge < -0.3 is 44.4 Å². The quantitative estimate of drug-likeness (QED) is 0.128. The number of hydrogen-bond acceptors (Lipinski definition) is 11. The number of rotatable bonds is 9. The Kier molecular flexibility index (Phi) is 11.5. The van der Waals surface area contributed by atoms with E-state index in [9.17, 15) is 29.4 Å². The van der Waals surface area contributed by atoms with Gasteiger partial charge in [0, 0.05) is 56.0 Å². The van der Waals surface area contributed by atoms with Crippen LogP contribution in [0.5, 0.6) is 0 Å². The lowest BCUT2D eigenvalue weighted by atomic mass is 9.46. The van der Waals surface area contributed by atoms with Gasteiger partial charge in [0.25, 0.3) is 0 Å². The molecule has 13 heteroatoms. The number of nitrogens with zero attached hydrogens (tertiary/aromatic N) is 1. The number of aliphatic hydroxyl groups is 2. The molecule has 1 aromatic heterocycles. The highest BCUT2D eigenvalue weighted by atomic mass is 16.6. The number of allylic oxidation sites excluding steroid dienone is 1. The number of H-pyrrole nitrogens is 1. The highest BCUT2D eigenvalue weighted by Gasteiger charge is 2.71. The van der Waals surface area contributed by atoms with E-state index in [0.717, 1.165) is 11.1 Å². The van der Waals surface area contributed by atoms with Crippen LogP contribution in [0, 0.1) is 41.4 Å². The minimum Gasteiger partial charge on any atom is -0.457 e. The normalized spacial score (nSPS) is 35.9. The second kappa shape index (κ2) is 15.8. The van der Waals surface area contributed by atoms with Crippen LogP contribution in [0.4, 0.5) is 0 Å². The molecule has 2 saturated carbocycles. The fourth-order valence-electron chi connectivity index (χ4n) is 9.50. The van der Waals surface area contributed by atoms with Crippen molar-refractivity contribution in [3.8, 4) is 0 Å². The van der Waals surface area contributed by atoms with E-state index in [1.807, 2.05) is 75.3 Å². The van der Waals surface area contributed by atoms with E-state index >= 15 is 0 Å². The molecule has 0 bridgehead atoms. The number of aliphatic hydroxyl groups excluding tert-OH is 1. The summed E-state index contributed by atoms with van der Waals surface area (Å²) in [5.41, 5.74) is 1.30. The van der Waals surface area contributed by atoms with Crippen LogP contribution < -0.4 is 5.32 Å². The van der Waals surface area contributed by atoms with Crippen LogP contribution in [-0.2, 0) is 46.4 Å². The van der Waals surface area contributed by atoms with Gasteiger partial charge in [0.05, 0.1) is 11.7 Å². The van der Waals surface area contributed by atoms with E-state index in [1.54, 1.807) is 32.2 Å². The standard InChI is InChI=1S/C41H53N3O10/c1-21-17-22(2)41(50)27(14-15-28-31-32(33(28)41)34(45)23(3)36(31)54-38(47)29-13-10-16-42-29)18-30(51-7)39(48)53-35(21)24(4)52-40(49)37(46)43-19-25-11-8-9-12-26(25)20-44(5)6/h8-17,21,23-24,27-28,30-36,42,45,50H,18-20H2,1-7H3,(H,43,46)/b22-17+/t21-,23-,24-,27-,28?,30+,31+,32?,33?,34-,35+,36-,41+/m1/s1. The van der Waals surface area contributed by atoms with Crippen LogP contribution in [0.1, 0.15) is 55.7 Å². The zero-order valence-corrected chi connectivity index (χ0v) is 31.9. The molecule has 4 N–H and O–H groups in total. The number of hydrogen-bond donors (Lipinski definition) is 4. The summed E-state index contributed by atoms with van der Waals surface area (Å²) >= 11 is 0. The van der Waals surface area contributed by atoms with Gasteiger partial charge in [0.15, 0.2) is 6.10 Å². The number of benzene rings is 1. The number of amides is 1. The van der Waals surface area contributed by atoms with Crippen molar-refractivity contribution in [2.24, 2.45) is 41.4 Å². The van der Waals surface area contributed by atoms with Crippen LogP contribution >= 0.6 is 0 Å². The highest BCUT2D eigenvalue weighted by molar-refractivity contribution is 6.32. The number of methoxy groups -OCH3 is 1. The van der Waals surface area contributed by atoms with Crippen molar-refractivity contribution in [2.45, 2.75) is 83.3 Å². The van der Waals surface area contributed by atoms with Crippen LogP contribution in [0.3, 0.4) is 0 Å². The van der Waals surface area contributed by atoms with Gasteiger partial charge in [-0.15, -0.1) is 0 Å². The number of fused-ring (bicyclic) bond motifs is 6. The summed E-state index contributed by atoms with van der Waals surface area (Å²) in [5.74, 6) is -6.04. The maximum atomic E-state index is 13.7. The van der Waals surface area contributed by atoms with Crippen LogP contribution in [0.25, 0.3) is 0 Å². The van der Waals surface area contributed by atoms with Crippen molar-refractivity contribution in [2.75, 3.05) is 21.2 Å². The van der Waals surface area contributed by atoms with Crippen molar-refractivity contribution in [1.82, 2.24) is 15.2 Å². The number of esters is 3. The van der Waals surface area contributed by atoms with E-state index in [2.05, 4.69) is 10.3 Å². The molecule has 1 aliphatic heterocycles. The van der Waals surface area contributed by atoms with E-state index in [4.69, 9.17) is 18.9 Å². The van der Waals surface area contributed by atoms with Crippen LogP contribution in [0.2, 0.25) is 0 Å². The molecule has 13 atom stereocenters. The van der Waals surface area contributed by atoms with Crippen molar-refractivity contribution >= 4 is 23.8 Å². The van der Waals surface area contributed by atoms with Gasteiger partial charge in [-0.05, 0) is 75.0 Å². The highest BCUT2D eigenvalue weighted by Crippen LogP contribution is 2.66. The zero-order chi connectivity index (χ0) is 39.1. The first kappa shape index (κ1) is 39.4. The molecule has 2 fully saturated rings. The number of nitrogens with one attached hydrogen (secondary N) is 2. The van der Waals surface area contributed by atoms with Crippen molar-refractivity contribution in [3.63, 3.8) is 0 Å². The monoisotopic (exact) mass is 747 g/mol. The number of aromatic amines is 1. The van der Waals surface area contributed by atoms with Gasteiger partial charge in [0.2, 0.25) is 0 Å². The Morgan fingerprint density at radius 2 is 1.81 bits per heavy atom. The first-order valence-corrected chi connectivity index (χ1v) is 18.7. The largest absolute Gasteiger partial charge is 0.457 e. The molecule has 0 radical (unpaired) electrons. The van der Waals surface area contributed by atoms with Gasteiger partial charge in [-0.25, -0.2) is 14.4 Å². The molecule has 6 rings (SSSR count). The lowest BCUT2D eigenvalue weighted by molar-refractivity contribution is -0.189. The fourth-order valence-corrected chi connectivity index (χ4v) is 9.50. The molecule has 1 aromatic carbocycles. The smallest absolute Gasteiger partial charge is 0.397 e. The molecular weight excluding hydrogens is 694 g/mol. The molecule has 3 aliphatic carbocycles. The van der Waals surface area contributed by atoms with E-state index in [0.29, 0.717) is 17.8 Å². The average Bonchev–Trinajstić information content (AvgIpc) is 3.73. The van der Waals surface area contributed by atoms with Crippen molar-refractivity contribution < 1.29 is 48.3 Å². The first-order valence-electron chi connectivity index (χ1n) is 18.7. The molecule has 0 saturated heterocycles. The maximum absolute atomic E-state index is 13.7. The average molecular weight is 748 g/mol. The maximum Gasteiger partial charge on any atom is 0.397 e. The van der Waals surface area contributed by atoms with Crippen LogP contribution in [0.15, 0.2) is 66.4 Å². The molecule has 2 aromatic rings. The predicted molar refractivity (Wildman–Crippen MR) is 196 cm³/mol. The Hall–Kier alpha value is -4.30. The summed E-state index contributed by atoms with van der Waals surface area (Å²) in [5, 5.41) is 27.2. The molecule has 4 aliphatic rings. The summed E-state index contributed by atoms with van der Waals surface area (Å²) in [6, 6.07) is 11.0. The minimum absolute atomic E-state index is 0.0813. The molecule has 3 unspecified atom stereocenters. The second-order valence-corrected chi connectivity index (χ2v) is 15.7. The Balaban J connectivity index is 1.21. The Labute approximate surface area is 316 Å². The van der Waals surface area contributed by atoms with E-state index in [-0.39, 0.29) is 36.6 Å². The van der Waals surface area contributed by atoms with Crippen LogP contribution in [-0.4, -0.2) is 101 Å². The molecule has 0 spiro atoms. The zero-order valence-electron chi connectivity index (χ0n) is 31.9. The molecular formula is C41H53N3O10. The summed E-state index contributed by atoms with van der Waals surface area (Å²) in [6.07, 6.45) is 2.90. The third kappa shape index (κ3) is 7.26. The molecule has 1 amide bonds. The molecule has 54 heavy (non-hydrogen) atoms. The lowest BCUT2D eigenvalue weighted by Gasteiger charge is -2.61. The third-order valence-electron chi connectivity index (χ3n) is 12.2.